The number of aliphatic carboxylic acids is 1. The van der Waals surface area contributed by atoms with E-state index in [1.165, 1.54) is 0 Å². The van der Waals surface area contributed by atoms with Gasteiger partial charge in [0, 0.05) is 13.0 Å². The van der Waals surface area contributed by atoms with Crippen molar-refractivity contribution in [3.63, 3.8) is 0 Å². The molecule has 0 saturated heterocycles. The number of amides is 2. The predicted octanol–water partition coefficient (Wildman–Crippen LogP) is 2.22. The fourth-order valence-corrected chi connectivity index (χ4v) is 1.96. The van der Waals surface area contributed by atoms with Gasteiger partial charge in [0.1, 0.15) is 0 Å². The molecule has 0 heterocycles. The van der Waals surface area contributed by atoms with Gasteiger partial charge in [0.2, 0.25) is 0 Å². The standard InChI is InChI=1S/C15H26N2O3/c1-6-11(2)17-14(20)16-10-9-12(15(3,4)5)7-8-13(18)19/h1,11-12H,7-10H2,2-5H3,(H,18,19)(H2,16,17,20). The van der Waals surface area contributed by atoms with Crippen molar-refractivity contribution < 1.29 is 14.7 Å². The molecular weight excluding hydrogens is 256 g/mol. The van der Waals surface area contributed by atoms with Crippen molar-refractivity contribution in [2.45, 2.75) is 53.0 Å². The zero-order chi connectivity index (χ0) is 15.8. The van der Waals surface area contributed by atoms with Gasteiger partial charge in [-0.1, -0.05) is 26.7 Å². The van der Waals surface area contributed by atoms with Crippen LogP contribution in [0.3, 0.4) is 0 Å². The minimum Gasteiger partial charge on any atom is -0.481 e. The highest BCUT2D eigenvalue weighted by Gasteiger charge is 2.24. The fraction of sp³-hybridized carbons (Fsp3) is 0.733. The molecule has 0 aromatic carbocycles. The second kappa shape index (κ2) is 8.47. The van der Waals surface area contributed by atoms with Crippen molar-refractivity contribution in [1.82, 2.24) is 10.6 Å². The molecule has 0 saturated carbocycles. The van der Waals surface area contributed by atoms with Crippen LogP contribution in [0.2, 0.25) is 0 Å². The van der Waals surface area contributed by atoms with Crippen LogP contribution in [0.1, 0.15) is 47.0 Å². The molecule has 2 unspecified atom stereocenters. The van der Waals surface area contributed by atoms with Gasteiger partial charge in [-0.3, -0.25) is 4.79 Å². The lowest BCUT2D eigenvalue weighted by molar-refractivity contribution is -0.137. The van der Waals surface area contributed by atoms with Crippen molar-refractivity contribution in [1.29, 1.82) is 0 Å². The van der Waals surface area contributed by atoms with E-state index < -0.39 is 5.97 Å². The minimum atomic E-state index is -0.784. The molecule has 0 fully saturated rings. The van der Waals surface area contributed by atoms with Gasteiger partial charge in [0.15, 0.2) is 0 Å². The molecule has 5 heteroatoms. The number of carboxylic acids is 1. The summed E-state index contributed by atoms with van der Waals surface area (Å²) in [4.78, 5) is 22.2. The molecule has 0 aliphatic heterocycles. The number of urea groups is 1. The lowest BCUT2D eigenvalue weighted by Gasteiger charge is -2.30. The lowest BCUT2D eigenvalue weighted by Crippen LogP contribution is -2.41. The van der Waals surface area contributed by atoms with Gasteiger partial charge >= 0.3 is 12.0 Å². The Kier molecular flexibility index (Phi) is 7.75. The van der Waals surface area contributed by atoms with Crippen LogP contribution in [0.15, 0.2) is 0 Å². The van der Waals surface area contributed by atoms with Crippen molar-refractivity contribution in [2.24, 2.45) is 11.3 Å². The van der Waals surface area contributed by atoms with Crippen LogP contribution in [-0.2, 0) is 4.79 Å². The quantitative estimate of drug-likeness (QED) is 0.626. The predicted molar refractivity (Wildman–Crippen MR) is 79.3 cm³/mol. The van der Waals surface area contributed by atoms with Crippen LogP contribution in [-0.4, -0.2) is 29.7 Å². The molecule has 0 aromatic rings. The zero-order valence-electron chi connectivity index (χ0n) is 12.8. The first-order valence-corrected chi connectivity index (χ1v) is 6.89. The maximum Gasteiger partial charge on any atom is 0.315 e. The van der Waals surface area contributed by atoms with Crippen LogP contribution in [0.5, 0.6) is 0 Å². The summed E-state index contributed by atoms with van der Waals surface area (Å²) in [5, 5.41) is 14.1. The molecule has 5 nitrogen and oxygen atoms in total. The molecule has 2 amide bonds. The number of hydrogen-bond donors (Lipinski definition) is 3. The molecule has 20 heavy (non-hydrogen) atoms. The van der Waals surface area contributed by atoms with E-state index in [9.17, 15) is 9.59 Å². The Morgan fingerprint density at radius 2 is 1.90 bits per heavy atom. The third kappa shape index (κ3) is 8.41. The summed E-state index contributed by atoms with van der Waals surface area (Å²) in [5.74, 6) is 1.87. The van der Waals surface area contributed by atoms with Gasteiger partial charge in [-0.2, -0.15) is 0 Å². The molecule has 0 aromatic heterocycles. The summed E-state index contributed by atoms with van der Waals surface area (Å²) >= 11 is 0. The minimum absolute atomic E-state index is 0.0136. The Labute approximate surface area is 121 Å². The van der Waals surface area contributed by atoms with E-state index in [1.54, 1.807) is 6.92 Å². The molecule has 114 valence electrons. The van der Waals surface area contributed by atoms with Gasteiger partial charge in [-0.25, -0.2) is 4.79 Å². The summed E-state index contributed by atoms with van der Waals surface area (Å²) in [5.41, 5.74) is 0.0136. The number of carbonyl (C=O) groups is 2. The van der Waals surface area contributed by atoms with Crippen LogP contribution in [0.25, 0.3) is 0 Å². The largest absolute Gasteiger partial charge is 0.481 e. The Morgan fingerprint density at radius 3 is 2.35 bits per heavy atom. The van der Waals surface area contributed by atoms with Crippen LogP contribution < -0.4 is 10.6 Å². The van der Waals surface area contributed by atoms with Crippen molar-refractivity contribution in [3.8, 4) is 12.3 Å². The van der Waals surface area contributed by atoms with Crippen LogP contribution in [0.4, 0.5) is 4.79 Å². The second-order valence-electron chi connectivity index (χ2n) is 6.07. The first-order chi connectivity index (χ1) is 9.16. The zero-order valence-corrected chi connectivity index (χ0v) is 12.8. The highest BCUT2D eigenvalue weighted by Crippen LogP contribution is 2.32. The normalized spacial score (nSPS) is 13.9. The maximum absolute atomic E-state index is 11.5. The highest BCUT2D eigenvalue weighted by molar-refractivity contribution is 5.74. The van der Waals surface area contributed by atoms with E-state index >= 15 is 0 Å². The number of nitrogens with one attached hydrogen (secondary N) is 2. The Bertz CT molecular complexity index is 366. The molecule has 0 aliphatic rings. The van der Waals surface area contributed by atoms with Gasteiger partial charge in [-0.05, 0) is 31.1 Å². The Balaban J connectivity index is 4.18. The second-order valence-corrected chi connectivity index (χ2v) is 6.07. The Morgan fingerprint density at radius 1 is 1.30 bits per heavy atom. The van der Waals surface area contributed by atoms with E-state index in [0.717, 1.165) is 6.42 Å². The average molecular weight is 282 g/mol. The highest BCUT2D eigenvalue weighted by atomic mass is 16.4. The smallest absolute Gasteiger partial charge is 0.315 e. The molecule has 0 rings (SSSR count). The number of rotatable bonds is 7. The van der Waals surface area contributed by atoms with Crippen molar-refractivity contribution in [2.75, 3.05) is 6.54 Å². The van der Waals surface area contributed by atoms with Gasteiger partial charge < -0.3 is 15.7 Å². The monoisotopic (exact) mass is 282 g/mol. The maximum atomic E-state index is 11.5. The summed E-state index contributed by atoms with van der Waals surface area (Å²) in [6.45, 7) is 8.48. The van der Waals surface area contributed by atoms with E-state index in [0.29, 0.717) is 13.0 Å². The van der Waals surface area contributed by atoms with Gasteiger partial charge in [-0.15, -0.1) is 6.42 Å². The summed E-state index contributed by atoms with van der Waals surface area (Å²) in [6, 6.07) is -0.596. The molecule has 0 spiro atoms. The SMILES string of the molecule is C#CC(C)NC(=O)NCCC(CCC(=O)O)C(C)(C)C. The number of carboxylic acid groups (broad SMARTS) is 1. The number of terminal acetylenes is 1. The molecule has 3 N–H and O–H groups in total. The number of hydrogen-bond acceptors (Lipinski definition) is 2. The van der Waals surface area contributed by atoms with Gasteiger partial charge in [0.05, 0.1) is 6.04 Å². The first kappa shape index (κ1) is 18.3. The fourth-order valence-electron chi connectivity index (χ4n) is 1.96. The average Bonchev–Trinajstić information content (AvgIpc) is 2.31. The summed E-state index contributed by atoms with van der Waals surface area (Å²) < 4.78 is 0. The summed E-state index contributed by atoms with van der Waals surface area (Å²) in [7, 11) is 0. The van der Waals surface area contributed by atoms with Crippen molar-refractivity contribution in [3.05, 3.63) is 0 Å². The molecule has 0 radical (unpaired) electrons. The molecule has 2 atom stereocenters. The third-order valence-corrected chi connectivity index (χ3v) is 3.31. The van der Waals surface area contributed by atoms with E-state index in [1.807, 2.05) is 0 Å². The van der Waals surface area contributed by atoms with Crippen molar-refractivity contribution >= 4 is 12.0 Å². The topological polar surface area (TPSA) is 78.4 Å². The first-order valence-electron chi connectivity index (χ1n) is 6.89. The van der Waals surface area contributed by atoms with Crippen LogP contribution >= 0.6 is 0 Å². The molecule has 0 bridgehead atoms. The summed E-state index contributed by atoms with van der Waals surface area (Å²) in [6.07, 6.45) is 6.69. The van der Waals surface area contributed by atoms with Crippen LogP contribution in [0, 0.1) is 23.7 Å². The lowest BCUT2D eigenvalue weighted by atomic mass is 9.76. The van der Waals surface area contributed by atoms with Gasteiger partial charge in [0.25, 0.3) is 0 Å². The van der Waals surface area contributed by atoms with E-state index in [2.05, 4.69) is 37.3 Å². The third-order valence-electron chi connectivity index (χ3n) is 3.31. The van der Waals surface area contributed by atoms with E-state index in [-0.39, 0.29) is 29.8 Å². The number of carbonyl (C=O) groups excluding carboxylic acids is 1. The van der Waals surface area contributed by atoms with E-state index in [4.69, 9.17) is 11.5 Å². The molecule has 0 aliphatic carbocycles. The molecular formula is C15H26N2O3. The Hall–Kier alpha value is -1.70.